The molecule has 1 aromatic rings. The topological polar surface area (TPSA) is 33.3 Å². The molecule has 2 N–H and O–H groups in total. The van der Waals surface area contributed by atoms with E-state index < -0.39 is 0 Å². The Morgan fingerprint density at radius 3 is 3.04 bits per heavy atom. The van der Waals surface area contributed by atoms with Gasteiger partial charge >= 0.3 is 0 Å². The highest BCUT2D eigenvalue weighted by molar-refractivity contribution is 7.10. The highest BCUT2D eigenvalue weighted by atomic mass is 32.1. The zero-order valence-corrected chi connectivity index (χ0v) is 15.0. The lowest BCUT2D eigenvalue weighted by Gasteiger charge is -2.43. The van der Waals surface area contributed by atoms with E-state index in [0.29, 0.717) is 12.0 Å². The predicted molar refractivity (Wildman–Crippen MR) is 95.3 cm³/mol. The average Bonchev–Trinajstić information content (AvgIpc) is 3.11. The lowest BCUT2D eigenvalue weighted by Crippen LogP contribution is -2.49. The van der Waals surface area contributed by atoms with Gasteiger partial charge in [0.05, 0.1) is 12.1 Å². The molecule has 0 aromatic carbocycles. The minimum Gasteiger partial charge on any atom is -0.309 e. The Bertz CT molecular complexity index is 562. The van der Waals surface area contributed by atoms with E-state index in [9.17, 15) is 0 Å². The lowest BCUT2D eigenvalue weighted by molar-refractivity contribution is 0.0209. The summed E-state index contributed by atoms with van der Waals surface area (Å²) in [6, 6.07) is 4.67. The quantitative estimate of drug-likeness (QED) is 0.811. The van der Waals surface area contributed by atoms with Gasteiger partial charge in [-0.3, -0.25) is 4.84 Å². The van der Waals surface area contributed by atoms with Gasteiger partial charge in [0.15, 0.2) is 0 Å². The molecule has 3 nitrogen and oxygen atoms in total. The molecular formula is C19H28N2OS. The fraction of sp³-hybridized carbons (Fsp3) is 0.684. The number of nitrogens with one attached hydrogen (secondary N) is 2. The Kier molecular flexibility index (Phi) is 4.35. The van der Waals surface area contributed by atoms with Crippen LogP contribution in [0.1, 0.15) is 56.9 Å². The second-order valence-electron chi connectivity index (χ2n) is 8.09. The van der Waals surface area contributed by atoms with Crippen molar-refractivity contribution in [3.05, 3.63) is 34.0 Å². The third-order valence-electron chi connectivity index (χ3n) is 5.65. The molecule has 0 radical (unpaired) electrons. The summed E-state index contributed by atoms with van der Waals surface area (Å²) in [5.41, 5.74) is 5.17. The van der Waals surface area contributed by atoms with Gasteiger partial charge < -0.3 is 5.32 Å². The smallest absolute Gasteiger partial charge is 0.0934 e. The molecule has 2 bridgehead atoms. The highest BCUT2D eigenvalue weighted by Gasteiger charge is 2.37. The minimum atomic E-state index is 0.247. The summed E-state index contributed by atoms with van der Waals surface area (Å²) in [7, 11) is 0. The molecule has 2 fully saturated rings. The summed E-state index contributed by atoms with van der Waals surface area (Å²) in [5.74, 6) is 1.58. The first-order valence-electron chi connectivity index (χ1n) is 8.99. The standard InChI is InChI=1S/C19H28N2OS/c1-13-6-14-7-15(8-14)11-19(2,10-13)20-12-16-9-17(21-22-16)18-4-3-5-23-18/h3-6,13,15-17,20-21H,7-12H2,1-2H3. The Balaban J connectivity index is 1.32. The maximum atomic E-state index is 5.83. The van der Waals surface area contributed by atoms with Crippen molar-refractivity contribution in [2.24, 2.45) is 11.8 Å². The van der Waals surface area contributed by atoms with Crippen LogP contribution in [0.4, 0.5) is 0 Å². The van der Waals surface area contributed by atoms with Crippen molar-refractivity contribution in [2.45, 2.75) is 63.6 Å². The van der Waals surface area contributed by atoms with Crippen molar-refractivity contribution in [3.8, 4) is 0 Å². The van der Waals surface area contributed by atoms with Crippen molar-refractivity contribution >= 4 is 11.3 Å². The summed E-state index contributed by atoms with van der Waals surface area (Å²) in [5, 5.41) is 6.01. The van der Waals surface area contributed by atoms with Crippen LogP contribution in [-0.2, 0) is 4.84 Å². The van der Waals surface area contributed by atoms with Crippen molar-refractivity contribution in [3.63, 3.8) is 0 Å². The van der Waals surface area contributed by atoms with Crippen LogP contribution < -0.4 is 10.8 Å². The van der Waals surface area contributed by atoms with Crippen LogP contribution >= 0.6 is 11.3 Å². The van der Waals surface area contributed by atoms with E-state index >= 15 is 0 Å². The van der Waals surface area contributed by atoms with Gasteiger partial charge in [0, 0.05) is 17.0 Å². The van der Waals surface area contributed by atoms with E-state index in [2.05, 4.69) is 48.2 Å². The number of thiophene rings is 1. The lowest BCUT2D eigenvalue weighted by atomic mass is 9.67. The number of allylic oxidation sites excluding steroid dienone is 2. The molecule has 126 valence electrons. The number of rotatable bonds is 4. The molecule has 2 heterocycles. The molecule has 4 atom stereocenters. The van der Waals surface area contributed by atoms with Crippen molar-refractivity contribution in [1.82, 2.24) is 10.8 Å². The minimum absolute atomic E-state index is 0.247. The van der Waals surface area contributed by atoms with Crippen LogP contribution in [-0.4, -0.2) is 18.2 Å². The van der Waals surface area contributed by atoms with E-state index in [1.807, 2.05) is 11.3 Å². The van der Waals surface area contributed by atoms with Crippen LogP contribution in [0.3, 0.4) is 0 Å². The van der Waals surface area contributed by atoms with Crippen molar-refractivity contribution < 1.29 is 4.84 Å². The Morgan fingerprint density at radius 1 is 1.39 bits per heavy atom. The Labute approximate surface area is 143 Å². The molecule has 4 aliphatic rings. The molecule has 1 saturated carbocycles. The largest absolute Gasteiger partial charge is 0.309 e. The summed E-state index contributed by atoms with van der Waals surface area (Å²) in [4.78, 5) is 7.21. The number of fused-ring (bicyclic) bond motifs is 4. The van der Waals surface area contributed by atoms with E-state index in [4.69, 9.17) is 4.84 Å². The van der Waals surface area contributed by atoms with Gasteiger partial charge in [0.25, 0.3) is 0 Å². The first-order valence-corrected chi connectivity index (χ1v) is 9.87. The molecule has 4 unspecified atom stereocenters. The maximum absolute atomic E-state index is 5.83. The number of hydrogen-bond donors (Lipinski definition) is 2. The third kappa shape index (κ3) is 3.55. The predicted octanol–water partition coefficient (Wildman–Crippen LogP) is 4.20. The number of hydroxylamine groups is 1. The molecule has 3 aliphatic carbocycles. The van der Waals surface area contributed by atoms with Crippen LogP contribution in [0.15, 0.2) is 29.2 Å². The van der Waals surface area contributed by atoms with E-state index in [1.54, 1.807) is 5.57 Å². The second-order valence-corrected chi connectivity index (χ2v) is 9.07. The Hall–Kier alpha value is -0.680. The average molecular weight is 333 g/mol. The molecule has 1 aliphatic heterocycles. The summed E-state index contributed by atoms with van der Waals surface area (Å²) in [6.45, 7) is 5.73. The molecule has 4 heteroatoms. The zero-order valence-electron chi connectivity index (χ0n) is 14.2. The van der Waals surface area contributed by atoms with E-state index in [-0.39, 0.29) is 11.6 Å². The van der Waals surface area contributed by atoms with E-state index in [0.717, 1.165) is 18.9 Å². The molecular weight excluding hydrogens is 304 g/mol. The zero-order chi connectivity index (χ0) is 15.9. The van der Waals surface area contributed by atoms with Gasteiger partial charge in [-0.15, -0.1) is 11.3 Å². The van der Waals surface area contributed by atoms with Crippen molar-refractivity contribution in [2.75, 3.05) is 6.54 Å². The highest BCUT2D eigenvalue weighted by Crippen LogP contribution is 2.43. The first-order chi connectivity index (χ1) is 11.1. The van der Waals surface area contributed by atoms with Gasteiger partial charge in [0.1, 0.15) is 0 Å². The Morgan fingerprint density at radius 2 is 2.26 bits per heavy atom. The molecule has 0 amide bonds. The summed E-state index contributed by atoms with van der Waals surface area (Å²) >= 11 is 1.81. The van der Waals surface area contributed by atoms with Crippen LogP contribution in [0.5, 0.6) is 0 Å². The van der Waals surface area contributed by atoms with E-state index in [1.165, 1.54) is 30.6 Å². The molecule has 1 saturated heterocycles. The van der Waals surface area contributed by atoms with Gasteiger partial charge in [-0.25, -0.2) is 0 Å². The van der Waals surface area contributed by atoms with Gasteiger partial charge in [-0.05, 0) is 62.3 Å². The fourth-order valence-electron chi connectivity index (χ4n) is 4.69. The normalized spacial score (nSPS) is 40.2. The third-order valence-corrected chi connectivity index (χ3v) is 6.64. The fourth-order valence-corrected chi connectivity index (χ4v) is 5.47. The van der Waals surface area contributed by atoms with Crippen LogP contribution in [0, 0.1) is 11.8 Å². The van der Waals surface area contributed by atoms with Gasteiger partial charge in [-0.1, -0.05) is 24.6 Å². The van der Waals surface area contributed by atoms with Crippen molar-refractivity contribution in [1.29, 1.82) is 0 Å². The monoisotopic (exact) mass is 332 g/mol. The molecule has 23 heavy (non-hydrogen) atoms. The number of hydrogen-bond acceptors (Lipinski definition) is 4. The van der Waals surface area contributed by atoms with Crippen LogP contribution in [0.25, 0.3) is 0 Å². The van der Waals surface area contributed by atoms with Crippen LogP contribution in [0.2, 0.25) is 0 Å². The second kappa shape index (κ2) is 6.32. The molecule has 0 spiro atoms. The SMILES string of the molecule is CC1C=C2CC(C2)CC(C)(NCC2CC(c3cccs3)NO2)C1. The first kappa shape index (κ1) is 15.8. The van der Waals surface area contributed by atoms with Gasteiger partial charge in [-0.2, -0.15) is 5.48 Å². The summed E-state index contributed by atoms with van der Waals surface area (Å²) < 4.78 is 0. The molecule has 1 aromatic heterocycles. The maximum Gasteiger partial charge on any atom is 0.0934 e. The molecule has 5 rings (SSSR count). The van der Waals surface area contributed by atoms with Gasteiger partial charge in [0.2, 0.25) is 0 Å². The summed E-state index contributed by atoms with van der Waals surface area (Å²) in [6.07, 6.45) is 9.08.